The lowest BCUT2D eigenvalue weighted by Crippen LogP contribution is -2.22. The smallest absolute Gasteiger partial charge is 0.255 e. The second-order valence-corrected chi connectivity index (χ2v) is 11.1. The van der Waals surface area contributed by atoms with Gasteiger partial charge in [-0.1, -0.05) is 0 Å². The number of fused-ring (bicyclic) bond motifs is 3. The number of aromatic nitrogens is 1. The molecule has 3 aliphatic heterocycles. The lowest BCUT2D eigenvalue weighted by atomic mass is 10.0. The van der Waals surface area contributed by atoms with Crippen molar-refractivity contribution in [2.45, 2.75) is 6.92 Å². The largest absolute Gasteiger partial charge is 0.259 e. The summed E-state index contributed by atoms with van der Waals surface area (Å²) in [5.74, 6) is -0.153. The van der Waals surface area contributed by atoms with E-state index in [0.29, 0.717) is 21.8 Å². The quantitative estimate of drug-likeness (QED) is 0.235. The first kappa shape index (κ1) is 32.3. The van der Waals surface area contributed by atoms with Crippen LogP contribution in [0.1, 0.15) is 33.6 Å². The Bertz CT molecular complexity index is 3060. The van der Waals surface area contributed by atoms with Gasteiger partial charge in [-0.2, -0.15) is 21.0 Å². The zero-order valence-electron chi connectivity index (χ0n) is 26.8. The Morgan fingerprint density at radius 2 is 0.981 bits per heavy atom. The van der Waals surface area contributed by atoms with Crippen molar-refractivity contribution in [1.29, 1.82) is 21.0 Å². The molecule has 0 amide bonds. The highest BCUT2D eigenvalue weighted by Gasteiger charge is 2.23. The van der Waals surface area contributed by atoms with Crippen LogP contribution >= 0.6 is 0 Å². The van der Waals surface area contributed by atoms with Crippen molar-refractivity contribution in [3.8, 4) is 24.3 Å². The Hall–Kier alpha value is -9.25. The van der Waals surface area contributed by atoms with Gasteiger partial charge in [-0.05, 0) is 66.6 Å². The third-order valence-corrected chi connectivity index (χ3v) is 8.05. The summed E-state index contributed by atoms with van der Waals surface area (Å²) in [6.07, 6.45) is 0. The molecule has 3 aromatic carbocycles. The molecule has 4 heterocycles. The maximum atomic E-state index is 10.5. The van der Waals surface area contributed by atoms with Gasteiger partial charge in [0, 0.05) is 0 Å². The molecule has 0 saturated heterocycles. The monoisotopic (exact) mass is 677 g/mol. The Morgan fingerprint density at radius 1 is 0.528 bits per heavy atom. The second-order valence-electron chi connectivity index (χ2n) is 11.1. The number of hydrogen-bond acceptors (Lipinski definition) is 11. The number of benzene rings is 3. The van der Waals surface area contributed by atoms with Crippen molar-refractivity contribution < 1.29 is 0 Å². The van der Waals surface area contributed by atoms with E-state index in [-0.39, 0.29) is 95.3 Å². The molecule has 0 atom stereocenters. The van der Waals surface area contributed by atoms with Gasteiger partial charge in [0.05, 0.1) is 93.1 Å². The van der Waals surface area contributed by atoms with Gasteiger partial charge in [-0.15, -0.1) is 0 Å². The molecule has 53 heavy (non-hydrogen) atoms. The number of rotatable bonds is 3. The fourth-order valence-corrected chi connectivity index (χ4v) is 5.52. The Labute approximate surface area is 298 Å². The minimum absolute atomic E-state index is 0.0163. The van der Waals surface area contributed by atoms with Gasteiger partial charge in [0.1, 0.15) is 23.3 Å². The van der Waals surface area contributed by atoms with Crippen molar-refractivity contribution in [3.05, 3.63) is 177 Å². The Morgan fingerprint density at radius 3 is 1.49 bits per heavy atom. The summed E-state index contributed by atoms with van der Waals surface area (Å²) in [5.41, 5.74) is 1.03. The Balaban J connectivity index is 1.51. The normalized spacial score (nSPS) is 14.2. The molecule has 0 saturated carbocycles. The van der Waals surface area contributed by atoms with E-state index < -0.39 is 0 Å². The van der Waals surface area contributed by atoms with Crippen molar-refractivity contribution in [2.75, 3.05) is 0 Å². The van der Waals surface area contributed by atoms with Crippen LogP contribution in [0.4, 0.5) is 17.1 Å². The summed E-state index contributed by atoms with van der Waals surface area (Å²) in [6.45, 7) is 32.1. The van der Waals surface area contributed by atoms with Crippen LogP contribution in [-0.2, 0) is 0 Å². The second kappa shape index (κ2) is 12.7. The molecule has 238 valence electrons. The van der Waals surface area contributed by atoms with Gasteiger partial charge in [0.15, 0.2) is 28.8 Å². The van der Waals surface area contributed by atoms with E-state index in [0.717, 1.165) is 0 Å². The molecular weight excluding hydrogens is 667 g/mol. The minimum Gasteiger partial charge on any atom is -0.259 e. The van der Waals surface area contributed by atoms with E-state index in [1.165, 1.54) is 36.4 Å². The maximum absolute atomic E-state index is 10.5. The lowest BCUT2D eigenvalue weighted by Gasteiger charge is -2.09. The predicted octanol–water partition coefficient (Wildman–Crippen LogP) is 3.57. The van der Waals surface area contributed by atoms with Crippen LogP contribution < -0.4 is 32.1 Å². The summed E-state index contributed by atoms with van der Waals surface area (Å²) in [6, 6.07) is 19.9. The number of allylic oxidation sites excluding steroid dienone is 2. The molecule has 0 spiro atoms. The van der Waals surface area contributed by atoms with E-state index in [9.17, 15) is 21.0 Å². The minimum atomic E-state index is -0.179. The standard InChI is InChI=1S/C38H11N15/c1-18-6-28-29(9-20(18)14-39)49-36(48-28)22(16-41)19-7-25(23(17-42)37-50-32-12-26(44-3)27(45-4)13-33(32)51-37)47-34(8-19)35(46-5)38-52-30-10-21(15-40)24(43-2)11-31(30)53-38/h6-13H,1H3/b36-22-,38-35-. The molecule has 3 aliphatic rings. The molecule has 4 aromatic rings. The number of nitrogens with zero attached hydrogens (tertiary/aromatic N) is 15. The number of aryl methyl sites for hydroxylation is 1. The maximum Gasteiger partial charge on any atom is 0.255 e. The van der Waals surface area contributed by atoms with Crippen LogP contribution in [0.2, 0.25) is 0 Å². The molecule has 15 heteroatoms. The zero-order chi connectivity index (χ0) is 37.4. The summed E-state index contributed by atoms with van der Waals surface area (Å²) < 4.78 is 0. The number of nitriles is 4. The molecular formula is C38H11N15. The first-order chi connectivity index (χ1) is 25.7. The summed E-state index contributed by atoms with van der Waals surface area (Å²) >= 11 is 0. The van der Waals surface area contributed by atoms with Crippen molar-refractivity contribution in [1.82, 2.24) is 4.98 Å². The summed E-state index contributed by atoms with van der Waals surface area (Å²) in [7, 11) is 0. The third-order valence-electron chi connectivity index (χ3n) is 8.05. The molecule has 0 aliphatic carbocycles. The van der Waals surface area contributed by atoms with Crippen LogP contribution in [-0.4, -0.2) is 4.98 Å². The van der Waals surface area contributed by atoms with Gasteiger partial charge in [0.2, 0.25) is 5.69 Å². The van der Waals surface area contributed by atoms with Gasteiger partial charge < -0.3 is 0 Å². The van der Waals surface area contributed by atoms with Gasteiger partial charge in [-0.25, -0.2) is 39.6 Å². The van der Waals surface area contributed by atoms with E-state index in [1.54, 1.807) is 19.1 Å². The molecule has 0 bridgehead atoms. The average Bonchev–Trinajstić information content (AvgIpc) is 3.90. The lowest BCUT2D eigenvalue weighted by molar-refractivity contribution is 1.16. The first-order valence-corrected chi connectivity index (χ1v) is 14.9. The molecule has 7 rings (SSSR count). The topological polar surface area (TPSA) is 200 Å². The van der Waals surface area contributed by atoms with Crippen LogP contribution in [0.15, 0.2) is 95.9 Å². The van der Waals surface area contributed by atoms with E-state index in [2.05, 4.69) is 72.5 Å². The fraction of sp³-hybridized carbons (Fsp3) is 0.0263. The van der Waals surface area contributed by atoms with Gasteiger partial charge in [0.25, 0.3) is 5.70 Å². The SMILES string of the molecule is [C-]#[N+]/C(=C1/N=c2cc(C#N)c([N+]#[C-])cc2=N1)c1cc(/C(C#N)=C2/N=c3cc(C)c(C#N)cc3=N2)cc(C(C#N)=C2N=c3cc([N+]#[C-])c([N+]#[C-])cc3=N2)n1. The average molecular weight is 678 g/mol. The number of hydrogen-bond donors (Lipinski definition) is 0. The van der Waals surface area contributed by atoms with Gasteiger partial charge in [-0.3, -0.25) is 14.7 Å². The highest BCUT2D eigenvalue weighted by Crippen LogP contribution is 2.31. The molecule has 0 radical (unpaired) electrons. The van der Waals surface area contributed by atoms with Gasteiger partial charge >= 0.3 is 0 Å². The Kier molecular flexibility index (Phi) is 7.71. The molecule has 0 unspecified atom stereocenters. The molecule has 1 aromatic heterocycles. The third kappa shape index (κ3) is 5.39. The molecule has 0 fully saturated rings. The van der Waals surface area contributed by atoms with Crippen LogP contribution in [0, 0.1) is 78.5 Å². The van der Waals surface area contributed by atoms with Crippen molar-refractivity contribution in [3.63, 3.8) is 0 Å². The molecule has 15 nitrogen and oxygen atoms in total. The van der Waals surface area contributed by atoms with E-state index in [4.69, 9.17) is 26.3 Å². The predicted molar refractivity (Wildman–Crippen MR) is 182 cm³/mol. The number of pyridine rings is 1. The highest BCUT2D eigenvalue weighted by molar-refractivity contribution is 5.86. The van der Waals surface area contributed by atoms with Crippen LogP contribution in [0.25, 0.3) is 36.2 Å². The summed E-state index contributed by atoms with van der Waals surface area (Å²) in [4.78, 5) is 45.2. The van der Waals surface area contributed by atoms with E-state index >= 15 is 0 Å². The molecule has 0 N–H and O–H groups in total. The summed E-state index contributed by atoms with van der Waals surface area (Å²) in [5, 5.41) is 41.8. The zero-order valence-corrected chi connectivity index (χ0v) is 26.8. The van der Waals surface area contributed by atoms with Crippen LogP contribution in [0.5, 0.6) is 0 Å². The van der Waals surface area contributed by atoms with E-state index in [1.807, 2.05) is 6.07 Å². The van der Waals surface area contributed by atoms with Crippen molar-refractivity contribution in [2.24, 2.45) is 30.0 Å². The fourth-order valence-electron chi connectivity index (χ4n) is 5.52. The highest BCUT2D eigenvalue weighted by atomic mass is 15.0. The van der Waals surface area contributed by atoms with Crippen LogP contribution in [0.3, 0.4) is 0 Å². The van der Waals surface area contributed by atoms with Crippen molar-refractivity contribution >= 4 is 33.9 Å². The first-order valence-electron chi connectivity index (χ1n) is 14.9.